The first-order valence-corrected chi connectivity index (χ1v) is 5.27. The van der Waals surface area contributed by atoms with Gasteiger partial charge in [0.05, 0.1) is 13.2 Å². The molecule has 0 fully saturated rings. The maximum absolute atomic E-state index is 8.94. The maximum atomic E-state index is 8.94. The number of ether oxygens (including phenoxy) is 1. The summed E-state index contributed by atoms with van der Waals surface area (Å²) in [5.41, 5.74) is 0. The quantitative estimate of drug-likeness (QED) is 0.768. The van der Waals surface area contributed by atoms with Crippen molar-refractivity contribution in [1.29, 1.82) is 0 Å². The number of likely N-dealkylation sites (N-methyl/N-ethyl adjacent to an activating group) is 1. The summed E-state index contributed by atoms with van der Waals surface area (Å²) in [7, 11) is 0. The Hall–Kier alpha value is -1.29. The molecule has 0 saturated heterocycles. The van der Waals surface area contributed by atoms with Crippen LogP contribution in [-0.2, 0) is 0 Å². The lowest BCUT2D eigenvalue weighted by Gasteiger charge is -2.22. The lowest BCUT2D eigenvalue weighted by atomic mass is 10.3. The Morgan fingerprint density at radius 2 is 2.27 bits per heavy atom. The van der Waals surface area contributed by atoms with E-state index in [9.17, 15) is 0 Å². The third-order valence-corrected chi connectivity index (χ3v) is 2.10. The highest BCUT2D eigenvalue weighted by molar-refractivity contribution is 5.51. The lowest BCUT2D eigenvalue weighted by Crippen LogP contribution is -2.27. The highest BCUT2D eigenvalue weighted by Crippen LogP contribution is 2.24. The number of hydrogen-bond donors (Lipinski definition) is 1. The van der Waals surface area contributed by atoms with Gasteiger partial charge in [-0.25, -0.2) is 4.98 Å². The number of hydrogen-bond acceptors (Lipinski definition) is 4. The molecular formula is C11H18N2O2. The summed E-state index contributed by atoms with van der Waals surface area (Å²) in [5, 5.41) is 8.94. The second kappa shape index (κ2) is 6.24. The van der Waals surface area contributed by atoms with Gasteiger partial charge in [0.25, 0.3) is 0 Å². The van der Waals surface area contributed by atoms with E-state index in [1.165, 1.54) is 0 Å². The number of anilines is 1. The molecule has 0 aromatic carbocycles. The van der Waals surface area contributed by atoms with Crippen molar-refractivity contribution in [2.24, 2.45) is 0 Å². The van der Waals surface area contributed by atoms with Crippen molar-refractivity contribution in [3.05, 3.63) is 18.3 Å². The van der Waals surface area contributed by atoms with Crippen LogP contribution in [0.2, 0.25) is 0 Å². The van der Waals surface area contributed by atoms with Crippen molar-refractivity contribution in [2.45, 2.75) is 13.8 Å². The fourth-order valence-electron chi connectivity index (χ4n) is 1.42. The normalized spacial score (nSPS) is 10.1. The average molecular weight is 210 g/mol. The van der Waals surface area contributed by atoms with Crippen LogP contribution in [0.1, 0.15) is 13.8 Å². The second-order valence-corrected chi connectivity index (χ2v) is 3.06. The maximum Gasteiger partial charge on any atom is 0.171 e. The van der Waals surface area contributed by atoms with Crippen LogP contribution in [0, 0.1) is 0 Å². The minimum Gasteiger partial charge on any atom is -0.490 e. The van der Waals surface area contributed by atoms with E-state index in [-0.39, 0.29) is 6.61 Å². The first-order valence-electron chi connectivity index (χ1n) is 5.27. The van der Waals surface area contributed by atoms with Crippen molar-refractivity contribution < 1.29 is 9.84 Å². The van der Waals surface area contributed by atoms with Gasteiger partial charge in [0.15, 0.2) is 11.6 Å². The van der Waals surface area contributed by atoms with Gasteiger partial charge >= 0.3 is 0 Å². The van der Waals surface area contributed by atoms with Crippen LogP contribution >= 0.6 is 0 Å². The van der Waals surface area contributed by atoms with Gasteiger partial charge in [0, 0.05) is 19.3 Å². The number of aromatic nitrogens is 1. The number of aliphatic hydroxyl groups excluding tert-OH is 1. The summed E-state index contributed by atoms with van der Waals surface area (Å²) in [4.78, 5) is 6.27. The van der Waals surface area contributed by atoms with Crippen LogP contribution in [0.15, 0.2) is 18.3 Å². The predicted molar refractivity (Wildman–Crippen MR) is 60.4 cm³/mol. The SMILES string of the molecule is CCOc1cccnc1N(CC)CCO. The molecule has 0 atom stereocenters. The summed E-state index contributed by atoms with van der Waals surface area (Å²) in [6, 6.07) is 3.74. The molecule has 15 heavy (non-hydrogen) atoms. The molecule has 1 N–H and O–H groups in total. The van der Waals surface area contributed by atoms with Gasteiger partial charge in [-0.1, -0.05) is 0 Å². The van der Waals surface area contributed by atoms with E-state index < -0.39 is 0 Å². The number of rotatable bonds is 6. The van der Waals surface area contributed by atoms with Crippen molar-refractivity contribution >= 4 is 5.82 Å². The molecule has 4 heteroatoms. The van der Waals surface area contributed by atoms with E-state index in [0.717, 1.165) is 18.1 Å². The van der Waals surface area contributed by atoms with Crippen molar-refractivity contribution in [2.75, 3.05) is 31.2 Å². The molecule has 84 valence electrons. The fourth-order valence-corrected chi connectivity index (χ4v) is 1.42. The van der Waals surface area contributed by atoms with E-state index in [1.54, 1.807) is 6.20 Å². The van der Waals surface area contributed by atoms with Gasteiger partial charge in [0.1, 0.15) is 0 Å². The molecule has 0 radical (unpaired) electrons. The molecule has 1 heterocycles. The number of nitrogens with zero attached hydrogens (tertiary/aromatic N) is 2. The van der Waals surface area contributed by atoms with Crippen LogP contribution < -0.4 is 9.64 Å². The van der Waals surface area contributed by atoms with Gasteiger partial charge in [-0.2, -0.15) is 0 Å². The molecule has 0 aliphatic heterocycles. The van der Waals surface area contributed by atoms with E-state index in [4.69, 9.17) is 9.84 Å². The van der Waals surface area contributed by atoms with E-state index in [2.05, 4.69) is 4.98 Å². The Labute approximate surface area is 90.5 Å². The Morgan fingerprint density at radius 1 is 1.47 bits per heavy atom. The molecule has 0 aliphatic rings. The minimum atomic E-state index is 0.121. The molecule has 0 spiro atoms. The summed E-state index contributed by atoms with van der Waals surface area (Å²) < 4.78 is 5.48. The van der Waals surface area contributed by atoms with E-state index in [1.807, 2.05) is 30.9 Å². The molecule has 0 aliphatic carbocycles. The molecule has 4 nitrogen and oxygen atoms in total. The molecule has 0 bridgehead atoms. The van der Waals surface area contributed by atoms with Crippen molar-refractivity contribution in [3.63, 3.8) is 0 Å². The zero-order valence-corrected chi connectivity index (χ0v) is 9.31. The Bertz CT molecular complexity index is 292. The number of aliphatic hydroxyl groups is 1. The van der Waals surface area contributed by atoms with Crippen molar-refractivity contribution in [3.8, 4) is 5.75 Å². The highest BCUT2D eigenvalue weighted by Gasteiger charge is 2.10. The van der Waals surface area contributed by atoms with Crippen LogP contribution in [0.4, 0.5) is 5.82 Å². The van der Waals surface area contributed by atoms with Gasteiger partial charge in [-0.3, -0.25) is 0 Å². The zero-order chi connectivity index (χ0) is 11.1. The molecule has 0 amide bonds. The Kier molecular flexibility index (Phi) is 4.90. The predicted octanol–water partition coefficient (Wildman–Crippen LogP) is 1.30. The largest absolute Gasteiger partial charge is 0.490 e. The summed E-state index contributed by atoms with van der Waals surface area (Å²) in [6.07, 6.45) is 1.73. The van der Waals surface area contributed by atoms with E-state index in [0.29, 0.717) is 13.2 Å². The topological polar surface area (TPSA) is 45.6 Å². The first-order chi connectivity index (χ1) is 7.33. The third-order valence-electron chi connectivity index (χ3n) is 2.10. The van der Waals surface area contributed by atoms with Gasteiger partial charge in [-0.15, -0.1) is 0 Å². The smallest absolute Gasteiger partial charge is 0.171 e. The van der Waals surface area contributed by atoms with Crippen LogP contribution in [0.3, 0.4) is 0 Å². The Balaban J connectivity index is 2.88. The van der Waals surface area contributed by atoms with Crippen LogP contribution in [-0.4, -0.2) is 36.4 Å². The second-order valence-electron chi connectivity index (χ2n) is 3.06. The average Bonchev–Trinajstić information content (AvgIpc) is 2.27. The van der Waals surface area contributed by atoms with Gasteiger partial charge in [-0.05, 0) is 26.0 Å². The molecule has 0 saturated carbocycles. The molecular weight excluding hydrogens is 192 g/mol. The third kappa shape index (κ3) is 3.09. The minimum absolute atomic E-state index is 0.121. The highest BCUT2D eigenvalue weighted by atomic mass is 16.5. The summed E-state index contributed by atoms with van der Waals surface area (Å²) >= 11 is 0. The monoisotopic (exact) mass is 210 g/mol. The van der Waals surface area contributed by atoms with Crippen LogP contribution in [0.5, 0.6) is 5.75 Å². The fraction of sp³-hybridized carbons (Fsp3) is 0.545. The van der Waals surface area contributed by atoms with Crippen molar-refractivity contribution in [1.82, 2.24) is 4.98 Å². The standard InChI is InChI=1S/C11H18N2O2/c1-3-13(8-9-14)11-10(15-4-2)6-5-7-12-11/h5-7,14H,3-4,8-9H2,1-2H3. The zero-order valence-electron chi connectivity index (χ0n) is 9.31. The molecule has 0 unspecified atom stereocenters. The van der Waals surface area contributed by atoms with Gasteiger partial charge < -0.3 is 14.7 Å². The van der Waals surface area contributed by atoms with Crippen LogP contribution in [0.25, 0.3) is 0 Å². The summed E-state index contributed by atoms with van der Waals surface area (Å²) in [5.74, 6) is 1.58. The lowest BCUT2D eigenvalue weighted by molar-refractivity contribution is 0.300. The summed E-state index contributed by atoms with van der Waals surface area (Å²) in [6.45, 7) is 6.09. The molecule has 1 aromatic heterocycles. The first kappa shape index (κ1) is 11.8. The number of pyridine rings is 1. The molecule has 1 rings (SSSR count). The molecule has 1 aromatic rings. The van der Waals surface area contributed by atoms with E-state index >= 15 is 0 Å². The van der Waals surface area contributed by atoms with Gasteiger partial charge in [0.2, 0.25) is 0 Å². The Morgan fingerprint density at radius 3 is 2.87 bits per heavy atom.